The van der Waals surface area contributed by atoms with Gasteiger partial charge in [-0.3, -0.25) is 4.79 Å². The number of hydrogen-bond donors (Lipinski definition) is 2. The van der Waals surface area contributed by atoms with Gasteiger partial charge < -0.3 is 11.1 Å². The van der Waals surface area contributed by atoms with Crippen LogP contribution in [0.2, 0.25) is 0 Å². The zero-order valence-corrected chi connectivity index (χ0v) is 11.1. The Hall–Kier alpha value is -1.72. The van der Waals surface area contributed by atoms with E-state index in [1.165, 1.54) is 23.5 Å². The number of rotatable bonds is 5. The summed E-state index contributed by atoms with van der Waals surface area (Å²) in [6.45, 7) is 0.313. The maximum Gasteiger partial charge on any atom is 0.261 e. The Morgan fingerprint density at radius 2 is 2.21 bits per heavy atom. The summed E-state index contributed by atoms with van der Waals surface area (Å²) in [5, 5.41) is 4.71. The van der Waals surface area contributed by atoms with E-state index in [1.54, 1.807) is 12.1 Å². The first-order valence-corrected chi connectivity index (χ1v) is 6.86. The van der Waals surface area contributed by atoms with E-state index in [9.17, 15) is 9.18 Å². The molecule has 0 bridgehead atoms. The largest absolute Gasteiger partial charge is 0.347 e. The summed E-state index contributed by atoms with van der Waals surface area (Å²) in [5.74, 6) is -0.417. The number of nitrogens with one attached hydrogen (secondary N) is 1. The predicted molar refractivity (Wildman–Crippen MR) is 74.7 cm³/mol. The lowest BCUT2D eigenvalue weighted by Crippen LogP contribution is -2.41. The molecule has 0 fully saturated rings. The van der Waals surface area contributed by atoms with E-state index >= 15 is 0 Å². The van der Waals surface area contributed by atoms with Crippen molar-refractivity contribution in [1.29, 1.82) is 0 Å². The minimum atomic E-state index is -0.280. The van der Waals surface area contributed by atoms with Gasteiger partial charge in [0, 0.05) is 12.6 Å². The molecule has 0 radical (unpaired) electrons. The Morgan fingerprint density at radius 1 is 1.37 bits per heavy atom. The molecular formula is C14H15FN2OS. The SMILES string of the molecule is NC[C@H](Cc1cccc(F)c1)NC(=O)c1cccs1. The van der Waals surface area contributed by atoms with Crippen LogP contribution in [0.3, 0.4) is 0 Å². The molecule has 0 aliphatic rings. The highest BCUT2D eigenvalue weighted by molar-refractivity contribution is 7.12. The molecule has 0 aliphatic carbocycles. The van der Waals surface area contributed by atoms with Crippen LogP contribution in [0.25, 0.3) is 0 Å². The lowest BCUT2D eigenvalue weighted by molar-refractivity contribution is 0.0942. The summed E-state index contributed by atoms with van der Waals surface area (Å²) in [5.41, 5.74) is 6.48. The fraction of sp³-hybridized carbons (Fsp3) is 0.214. The molecule has 3 N–H and O–H groups in total. The maximum absolute atomic E-state index is 13.1. The highest BCUT2D eigenvalue weighted by atomic mass is 32.1. The zero-order valence-electron chi connectivity index (χ0n) is 10.3. The van der Waals surface area contributed by atoms with Crippen LogP contribution in [0, 0.1) is 5.82 Å². The van der Waals surface area contributed by atoms with E-state index in [0.29, 0.717) is 17.8 Å². The van der Waals surface area contributed by atoms with Gasteiger partial charge in [-0.2, -0.15) is 0 Å². The van der Waals surface area contributed by atoms with Gasteiger partial charge in [0.1, 0.15) is 5.82 Å². The van der Waals surface area contributed by atoms with Crippen molar-refractivity contribution in [3.63, 3.8) is 0 Å². The zero-order chi connectivity index (χ0) is 13.7. The van der Waals surface area contributed by atoms with E-state index < -0.39 is 0 Å². The van der Waals surface area contributed by atoms with Crippen LogP contribution < -0.4 is 11.1 Å². The Bertz CT molecular complexity index is 542. The molecule has 1 amide bonds. The molecule has 0 saturated carbocycles. The minimum Gasteiger partial charge on any atom is -0.347 e. The van der Waals surface area contributed by atoms with Gasteiger partial charge >= 0.3 is 0 Å². The van der Waals surface area contributed by atoms with Crippen LogP contribution in [-0.4, -0.2) is 18.5 Å². The second-order valence-electron chi connectivity index (χ2n) is 4.22. The van der Waals surface area contributed by atoms with Crippen LogP contribution in [-0.2, 0) is 6.42 Å². The van der Waals surface area contributed by atoms with Crippen molar-refractivity contribution in [2.75, 3.05) is 6.54 Å². The lowest BCUT2D eigenvalue weighted by Gasteiger charge is -2.16. The van der Waals surface area contributed by atoms with Gasteiger partial charge in [0.15, 0.2) is 0 Å². The third-order valence-corrected chi connectivity index (χ3v) is 3.60. The van der Waals surface area contributed by atoms with Crippen LogP contribution in [0.4, 0.5) is 4.39 Å². The Kier molecular flexibility index (Phi) is 4.65. The molecule has 0 saturated heterocycles. The van der Waals surface area contributed by atoms with Crippen molar-refractivity contribution < 1.29 is 9.18 Å². The van der Waals surface area contributed by atoms with Crippen molar-refractivity contribution >= 4 is 17.2 Å². The first-order valence-electron chi connectivity index (χ1n) is 5.98. The first kappa shape index (κ1) is 13.7. The highest BCUT2D eigenvalue weighted by Crippen LogP contribution is 2.10. The van der Waals surface area contributed by atoms with Gasteiger partial charge in [0.05, 0.1) is 4.88 Å². The Labute approximate surface area is 115 Å². The van der Waals surface area contributed by atoms with Gasteiger partial charge in [0.25, 0.3) is 5.91 Å². The molecule has 3 nitrogen and oxygen atoms in total. The average Bonchev–Trinajstić information content (AvgIpc) is 2.92. The fourth-order valence-electron chi connectivity index (χ4n) is 1.81. The van der Waals surface area contributed by atoms with Crippen LogP contribution in [0.1, 0.15) is 15.2 Å². The smallest absolute Gasteiger partial charge is 0.261 e. The lowest BCUT2D eigenvalue weighted by atomic mass is 10.1. The molecule has 2 rings (SSSR count). The van der Waals surface area contributed by atoms with Gasteiger partial charge in [-0.15, -0.1) is 11.3 Å². The van der Waals surface area contributed by atoms with Crippen molar-refractivity contribution in [3.05, 3.63) is 58.0 Å². The first-order chi connectivity index (χ1) is 9.19. The second-order valence-corrected chi connectivity index (χ2v) is 5.17. The van der Waals surface area contributed by atoms with Crippen molar-refractivity contribution in [2.45, 2.75) is 12.5 Å². The molecule has 19 heavy (non-hydrogen) atoms. The van der Waals surface area contributed by atoms with Crippen LogP contribution in [0.15, 0.2) is 41.8 Å². The number of amides is 1. The minimum absolute atomic E-state index is 0.137. The summed E-state index contributed by atoms with van der Waals surface area (Å²) in [4.78, 5) is 12.6. The number of hydrogen-bond acceptors (Lipinski definition) is 3. The molecule has 0 unspecified atom stereocenters. The summed E-state index contributed by atoms with van der Waals surface area (Å²) in [7, 11) is 0. The summed E-state index contributed by atoms with van der Waals surface area (Å²) in [6.07, 6.45) is 0.519. The fourth-order valence-corrected chi connectivity index (χ4v) is 2.43. The van der Waals surface area contributed by atoms with Crippen molar-refractivity contribution in [2.24, 2.45) is 5.73 Å². The van der Waals surface area contributed by atoms with Gasteiger partial charge in [-0.1, -0.05) is 18.2 Å². The summed E-state index contributed by atoms with van der Waals surface area (Å²) >= 11 is 1.38. The van der Waals surface area contributed by atoms with E-state index in [-0.39, 0.29) is 17.8 Å². The Balaban J connectivity index is 1.99. The van der Waals surface area contributed by atoms with E-state index in [1.807, 2.05) is 17.5 Å². The van der Waals surface area contributed by atoms with Crippen molar-refractivity contribution in [3.8, 4) is 0 Å². The monoisotopic (exact) mass is 278 g/mol. The molecule has 5 heteroatoms. The molecule has 0 aliphatic heterocycles. The van der Waals surface area contributed by atoms with Crippen LogP contribution >= 0.6 is 11.3 Å². The molecular weight excluding hydrogens is 263 g/mol. The molecule has 1 aromatic carbocycles. The van der Waals surface area contributed by atoms with E-state index in [0.717, 1.165) is 5.56 Å². The number of benzene rings is 1. The van der Waals surface area contributed by atoms with Crippen molar-refractivity contribution in [1.82, 2.24) is 5.32 Å². The molecule has 2 aromatic rings. The maximum atomic E-state index is 13.1. The van der Waals surface area contributed by atoms with E-state index in [4.69, 9.17) is 5.73 Å². The quantitative estimate of drug-likeness (QED) is 0.881. The molecule has 0 spiro atoms. The van der Waals surface area contributed by atoms with Gasteiger partial charge in [-0.05, 0) is 35.6 Å². The molecule has 1 heterocycles. The number of carbonyl (C=O) groups is 1. The summed E-state index contributed by atoms with van der Waals surface area (Å²) in [6, 6.07) is 9.71. The predicted octanol–water partition coefficient (Wildman–Crippen LogP) is 2.19. The number of carbonyl (C=O) groups excluding carboxylic acids is 1. The second kappa shape index (κ2) is 6.45. The average molecular weight is 278 g/mol. The third-order valence-electron chi connectivity index (χ3n) is 2.74. The highest BCUT2D eigenvalue weighted by Gasteiger charge is 2.13. The van der Waals surface area contributed by atoms with Crippen LogP contribution in [0.5, 0.6) is 0 Å². The molecule has 1 aromatic heterocycles. The molecule has 1 atom stereocenters. The van der Waals surface area contributed by atoms with Gasteiger partial charge in [-0.25, -0.2) is 4.39 Å². The topological polar surface area (TPSA) is 55.1 Å². The number of nitrogens with two attached hydrogens (primary N) is 1. The molecule has 100 valence electrons. The third kappa shape index (κ3) is 3.87. The standard InChI is InChI=1S/C14H15FN2OS/c15-11-4-1-3-10(7-11)8-12(9-16)17-14(18)13-5-2-6-19-13/h1-7,12H,8-9,16H2,(H,17,18)/t12-/m0/s1. The van der Waals surface area contributed by atoms with Gasteiger partial charge in [0.2, 0.25) is 0 Å². The van der Waals surface area contributed by atoms with E-state index in [2.05, 4.69) is 5.32 Å². The number of thiophene rings is 1. The number of halogens is 1. The Morgan fingerprint density at radius 3 is 2.84 bits per heavy atom. The normalized spacial score (nSPS) is 12.1. The summed E-state index contributed by atoms with van der Waals surface area (Å²) < 4.78 is 13.1.